The molecule has 1 amide bonds. The van der Waals surface area contributed by atoms with Crippen molar-refractivity contribution in [3.63, 3.8) is 0 Å². The molecule has 1 aromatic carbocycles. The maximum absolute atomic E-state index is 12.4. The van der Waals surface area contributed by atoms with E-state index in [9.17, 15) is 4.79 Å². The van der Waals surface area contributed by atoms with Crippen LogP contribution in [0.3, 0.4) is 0 Å². The molecular formula is C19H24N4O. The number of aryl methyl sites for hydroxylation is 3. The summed E-state index contributed by atoms with van der Waals surface area (Å²) < 4.78 is 0. The molecule has 0 bridgehead atoms. The summed E-state index contributed by atoms with van der Waals surface area (Å²) in [4.78, 5) is 21.1. The monoisotopic (exact) mass is 324 g/mol. The fourth-order valence-corrected chi connectivity index (χ4v) is 3.17. The molecule has 0 unspecified atom stereocenters. The minimum absolute atomic E-state index is 0.115. The van der Waals surface area contributed by atoms with E-state index in [1.165, 1.54) is 18.4 Å². The van der Waals surface area contributed by atoms with Gasteiger partial charge in [0.1, 0.15) is 17.3 Å². The van der Waals surface area contributed by atoms with Gasteiger partial charge in [-0.1, -0.05) is 30.5 Å². The summed E-state index contributed by atoms with van der Waals surface area (Å²) in [6, 6.07) is 8.20. The molecule has 5 nitrogen and oxygen atoms in total. The number of nitrogens with zero attached hydrogens (tertiary/aromatic N) is 2. The van der Waals surface area contributed by atoms with E-state index in [2.05, 4.69) is 46.6 Å². The molecule has 0 spiro atoms. The minimum atomic E-state index is -0.115. The van der Waals surface area contributed by atoms with E-state index >= 15 is 0 Å². The Morgan fingerprint density at radius 2 is 1.83 bits per heavy atom. The normalized spacial score (nSPS) is 14.6. The lowest BCUT2D eigenvalue weighted by Crippen LogP contribution is -2.33. The third kappa shape index (κ3) is 3.91. The van der Waals surface area contributed by atoms with Crippen molar-refractivity contribution in [3.8, 4) is 0 Å². The van der Waals surface area contributed by atoms with Gasteiger partial charge in [0, 0.05) is 17.8 Å². The zero-order valence-electron chi connectivity index (χ0n) is 14.5. The first-order valence-electron chi connectivity index (χ1n) is 8.52. The third-order valence-corrected chi connectivity index (χ3v) is 4.41. The van der Waals surface area contributed by atoms with Crippen LogP contribution in [0.1, 0.15) is 53.1 Å². The Kier molecular flexibility index (Phi) is 4.79. The summed E-state index contributed by atoms with van der Waals surface area (Å²) in [6.07, 6.45) is 4.49. The Bertz CT molecular complexity index is 751. The molecule has 1 fully saturated rings. The highest BCUT2D eigenvalue weighted by atomic mass is 16.1. The Balaban J connectivity index is 1.79. The SMILES string of the molecule is Cc1ccc(Nc2cc(C(=O)NC3CCCC3)nc(C)n2)c(C)c1. The van der Waals surface area contributed by atoms with Crippen LogP contribution >= 0.6 is 0 Å². The number of anilines is 2. The number of hydrogen-bond acceptors (Lipinski definition) is 4. The maximum Gasteiger partial charge on any atom is 0.270 e. The number of benzene rings is 1. The van der Waals surface area contributed by atoms with Crippen LogP contribution in [0.5, 0.6) is 0 Å². The molecule has 1 aliphatic carbocycles. The Morgan fingerprint density at radius 3 is 2.54 bits per heavy atom. The third-order valence-electron chi connectivity index (χ3n) is 4.41. The van der Waals surface area contributed by atoms with Crippen molar-refractivity contribution >= 4 is 17.4 Å². The smallest absolute Gasteiger partial charge is 0.270 e. The number of aromatic nitrogens is 2. The first kappa shape index (κ1) is 16.4. The van der Waals surface area contributed by atoms with E-state index < -0.39 is 0 Å². The average molecular weight is 324 g/mol. The van der Waals surface area contributed by atoms with E-state index in [1.54, 1.807) is 13.0 Å². The van der Waals surface area contributed by atoms with Gasteiger partial charge in [-0.25, -0.2) is 9.97 Å². The van der Waals surface area contributed by atoms with Gasteiger partial charge in [-0.3, -0.25) is 4.79 Å². The molecule has 1 aromatic heterocycles. The fourth-order valence-electron chi connectivity index (χ4n) is 3.17. The number of carbonyl (C=O) groups is 1. The standard InChI is InChI=1S/C19H24N4O/c1-12-8-9-16(13(2)10-12)23-18-11-17(20-14(3)21-18)19(24)22-15-6-4-5-7-15/h8-11,15H,4-7H2,1-3H3,(H,22,24)(H,20,21,23). The van der Waals surface area contributed by atoms with Gasteiger partial charge in [-0.15, -0.1) is 0 Å². The highest BCUT2D eigenvalue weighted by Crippen LogP contribution is 2.21. The highest BCUT2D eigenvalue weighted by molar-refractivity contribution is 5.93. The summed E-state index contributed by atoms with van der Waals surface area (Å²) in [5, 5.41) is 6.37. The predicted molar refractivity (Wildman–Crippen MR) is 95.7 cm³/mol. The summed E-state index contributed by atoms with van der Waals surface area (Å²) >= 11 is 0. The van der Waals surface area contributed by atoms with Crippen molar-refractivity contribution in [1.82, 2.24) is 15.3 Å². The lowest BCUT2D eigenvalue weighted by Gasteiger charge is -2.13. The van der Waals surface area contributed by atoms with Crippen molar-refractivity contribution in [2.24, 2.45) is 0 Å². The minimum Gasteiger partial charge on any atom is -0.348 e. The molecule has 5 heteroatoms. The molecule has 1 aliphatic rings. The summed E-state index contributed by atoms with van der Waals surface area (Å²) in [5.74, 6) is 1.11. The molecule has 3 rings (SSSR count). The van der Waals surface area contributed by atoms with Crippen molar-refractivity contribution in [1.29, 1.82) is 0 Å². The molecule has 2 aromatic rings. The van der Waals surface area contributed by atoms with Gasteiger partial charge in [0.25, 0.3) is 5.91 Å². The van der Waals surface area contributed by atoms with Crippen molar-refractivity contribution < 1.29 is 4.79 Å². The second-order valence-corrected chi connectivity index (χ2v) is 6.58. The molecule has 0 saturated heterocycles. The zero-order valence-corrected chi connectivity index (χ0v) is 14.5. The zero-order chi connectivity index (χ0) is 17.1. The molecule has 24 heavy (non-hydrogen) atoms. The van der Waals surface area contributed by atoms with Gasteiger partial charge in [0.2, 0.25) is 0 Å². The molecular weight excluding hydrogens is 300 g/mol. The van der Waals surface area contributed by atoms with E-state index in [1.807, 2.05) is 6.07 Å². The molecule has 1 saturated carbocycles. The Morgan fingerprint density at radius 1 is 1.08 bits per heavy atom. The summed E-state index contributed by atoms with van der Waals surface area (Å²) in [6.45, 7) is 5.92. The summed E-state index contributed by atoms with van der Waals surface area (Å²) in [7, 11) is 0. The molecule has 0 radical (unpaired) electrons. The number of hydrogen-bond donors (Lipinski definition) is 2. The molecule has 0 aliphatic heterocycles. The van der Waals surface area contributed by atoms with Crippen molar-refractivity contribution in [2.75, 3.05) is 5.32 Å². The topological polar surface area (TPSA) is 66.9 Å². The largest absolute Gasteiger partial charge is 0.348 e. The number of amides is 1. The van der Waals surface area contributed by atoms with Crippen LogP contribution in [0.15, 0.2) is 24.3 Å². The predicted octanol–water partition coefficient (Wildman–Crippen LogP) is 3.82. The first-order chi connectivity index (χ1) is 11.5. The quantitative estimate of drug-likeness (QED) is 0.897. The van der Waals surface area contributed by atoms with E-state index in [-0.39, 0.29) is 11.9 Å². The number of carbonyl (C=O) groups excluding carboxylic acids is 1. The van der Waals surface area contributed by atoms with Crippen LogP contribution in [0.25, 0.3) is 0 Å². The molecule has 2 N–H and O–H groups in total. The first-order valence-corrected chi connectivity index (χ1v) is 8.52. The fraction of sp³-hybridized carbons (Fsp3) is 0.421. The molecule has 0 atom stereocenters. The number of nitrogens with one attached hydrogen (secondary N) is 2. The van der Waals surface area contributed by atoms with Crippen LogP contribution in [-0.2, 0) is 0 Å². The van der Waals surface area contributed by atoms with Gasteiger partial charge < -0.3 is 10.6 Å². The Labute approximate surface area is 142 Å². The van der Waals surface area contributed by atoms with Crippen LogP contribution in [0, 0.1) is 20.8 Å². The van der Waals surface area contributed by atoms with E-state index in [0.29, 0.717) is 17.3 Å². The van der Waals surface area contributed by atoms with Crippen LogP contribution in [0.4, 0.5) is 11.5 Å². The Hall–Kier alpha value is -2.43. The van der Waals surface area contributed by atoms with Gasteiger partial charge in [-0.05, 0) is 45.2 Å². The van der Waals surface area contributed by atoms with Crippen molar-refractivity contribution in [3.05, 3.63) is 46.9 Å². The molecule has 126 valence electrons. The highest BCUT2D eigenvalue weighted by Gasteiger charge is 2.19. The van der Waals surface area contributed by atoms with Crippen LogP contribution < -0.4 is 10.6 Å². The maximum atomic E-state index is 12.4. The van der Waals surface area contributed by atoms with Gasteiger partial charge in [0.15, 0.2) is 0 Å². The average Bonchev–Trinajstić information content (AvgIpc) is 3.02. The second-order valence-electron chi connectivity index (χ2n) is 6.58. The van der Waals surface area contributed by atoms with Gasteiger partial charge >= 0.3 is 0 Å². The second kappa shape index (κ2) is 6.99. The lowest BCUT2D eigenvalue weighted by molar-refractivity contribution is 0.0932. The number of rotatable bonds is 4. The van der Waals surface area contributed by atoms with Crippen molar-refractivity contribution in [2.45, 2.75) is 52.5 Å². The van der Waals surface area contributed by atoms with Crippen LogP contribution in [0.2, 0.25) is 0 Å². The molecule has 1 heterocycles. The van der Waals surface area contributed by atoms with E-state index in [4.69, 9.17) is 0 Å². The van der Waals surface area contributed by atoms with E-state index in [0.717, 1.165) is 24.1 Å². The van der Waals surface area contributed by atoms with Crippen LogP contribution in [-0.4, -0.2) is 21.9 Å². The van der Waals surface area contributed by atoms with Gasteiger partial charge in [0.05, 0.1) is 0 Å². The van der Waals surface area contributed by atoms with Gasteiger partial charge in [-0.2, -0.15) is 0 Å². The lowest BCUT2D eigenvalue weighted by atomic mass is 10.1. The summed E-state index contributed by atoms with van der Waals surface area (Å²) in [5.41, 5.74) is 3.76.